The van der Waals surface area contributed by atoms with Crippen LogP contribution in [-0.4, -0.2) is 29.7 Å². The zero-order valence-electron chi connectivity index (χ0n) is 13.0. The first-order valence-electron chi connectivity index (χ1n) is 7.45. The Morgan fingerprint density at radius 3 is 2.88 bits per heavy atom. The van der Waals surface area contributed by atoms with E-state index in [-0.39, 0.29) is 12.5 Å². The molecule has 0 saturated heterocycles. The van der Waals surface area contributed by atoms with Gasteiger partial charge in [0, 0.05) is 23.5 Å². The Bertz CT molecular complexity index is 876. The van der Waals surface area contributed by atoms with Crippen molar-refractivity contribution in [2.45, 2.75) is 6.10 Å². The number of amides is 1. The van der Waals surface area contributed by atoms with E-state index in [0.717, 1.165) is 10.9 Å². The van der Waals surface area contributed by atoms with Crippen LogP contribution in [0, 0.1) is 5.82 Å². The van der Waals surface area contributed by atoms with Crippen molar-refractivity contribution in [3.63, 3.8) is 0 Å². The molecule has 1 heterocycles. The zero-order valence-corrected chi connectivity index (χ0v) is 13.0. The maximum atomic E-state index is 13.2. The van der Waals surface area contributed by atoms with Crippen molar-refractivity contribution in [3.05, 3.63) is 65.6 Å². The minimum absolute atomic E-state index is 0.0129. The van der Waals surface area contributed by atoms with Gasteiger partial charge in [-0.1, -0.05) is 12.1 Å². The summed E-state index contributed by atoms with van der Waals surface area (Å²) in [6, 6.07) is 12.8. The van der Waals surface area contributed by atoms with Crippen LogP contribution in [0.1, 0.15) is 22.2 Å². The van der Waals surface area contributed by atoms with Gasteiger partial charge in [0.25, 0.3) is 5.91 Å². The van der Waals surface area contributed by atoms with E-state index in [0.29, 0.717) is 17.0 Å². The molecular formula is C18H17FN2O3. The second-order valence-electron chi connectivity index (χ2n) is 5.42. The average molecular weight is 328 g/mol. The van der Waals surface area contributed by atoms with E-state index in [2.05, 4.69) is 10.3 Å². The molecule has 0 radical (unpaired) electrons. The molecule has 5 nitrogen and oxygen atoms in total. The van der Waals surface area contributed by atoms with Crippen molar-refractivity contribution in [1.29, 1.82) is 0 Å². The van der Waals surface area contributed by atoms with Crippen LogP contribution in [0.15, 0.2) is 48.5 Å². The van der Waals surface area contributed by atoms with Crippen molar-refractivity contribution in [2.24, 2.45) is 0 Å². The second-order valence-corrected chi connectivity index (χ2v) is 5.42. The molecule has 0 bridgehead atoms. The van der Waals surface area contributed by atoms with Crippen LogP contribution in [-0.2, 0) is 0 Å². The van der Waals surface area contributed by atoms with Gasteiger partial charge in [0.15, 0.2) is 0 Å². The van der Waals surface area contributed by atoms with Crippen molar-refractivity contribution in [3.8, 4) is 5.75 Å². The van der Waals surface area contributed by atoms with Crippen LogP contribution in [0.3, 0.4) is 0 Å². The lowest BCUT2D eigenvalue weighted by Crippen LogP contribution is -2.28. The highest BCUT2D eigenvalue weighted by Crippen LogP contribution is 2.21. The van der Waals surface area contributed by atoms with Crippen LogP contribution in [0.2, 0.25) is 0 Å². The summed E-state index contributed by atoms with van der Waals surface area (Å²) in [6.45, 7) is -0.0129. The van der Waals surface area contributed by atoms with Gasteiger partial charge in [0.05, 0.1) is 13.2 Å². The van der Waals surface area contributed by atoms with E-state index in [1.165, 1.54) is 18.2 Å². The summed E-state index contributed by atoms with van der Waals surface area (Å²) in [5.74, 6) is -0.0825. The Balaban J connectivity index is 1.68. The molecule has 3 N–H and O–H groups in total. The lowest BCUT2D eigenvalue weighted by Gasteiger charge is -2.11. The number of fused-ring (bicyclic) bond motifs is 1. The molecule has 1 amide bonds. The number of H-pyrrole nitrogens is 1. The molecule has 3 rings (SSSR count). The minimum Gasteiger partial charge on any atom is -0.497 e. The number of nitrogens with one attached hydrogen (secondary N) is 2. The molecule has 0 spiro atoms. The fourth-order valence-corrected chi connectivity index (χ4v) is 2.47. The highest BCUT2D eigenvalue weighted by Gasteiger charge is 2.13. The standard InChI is InChI=1S/C18H17FN2O3/c1-24-14-6-5-11-8-16(21-15(11)9-14)18(23)20-10-17(22)12-3-2-4-13(19)7-12/h2-9,17,21-22H,10H2,1H3,(H,20,23). The number of aromatic amines is 1. The summed E-state index contributed by atoms with van der Waals surface area (Å²) in [6.07, 6.45) is -0.978. The molecule has 1 atom stereocenters. The maximum Gasteiger partial charge on any atom is 0.267 e. The van der Waals surface area contributed by atoms with Crippen LogP contribution in [0.5, 0.6) is 5.75 Å². The molecule has 3 aromatic rings. The monoisotopic (exact) mass is 328 g/mol. The number of hydrogen-bond acceptors (Lipinski definition) is 3. The average Bonchev–Trinajstić information content (AvgIpc) is 3.02. The third kappa shape index (κ3) is 3.38. The summed E-state index contributed by atoms with van der Waals surface area (Å²) in [5.41, 5.74) is 1.58. The molecule has 0 aliphatic rings. The number of aliphatic hydroxyl groups excluding tert-OH is 1. The number of aliphatic hydroxyl groups is 1. The number of hydrogen-bond donors (Lipinski definition) is 3. The molecule has 1 unspecified atom stereocenters. The Hall–Kier alpha value is -2.86. The Morgan fingerprint density at radius 1 is 1.29 bits per heavy atom. The molecule has 0 saturated carbocycles. The zero-order chi connectivity index (χ0) is 17.1. The Morgan fingerprint density at radius 2 is 2.12 bits per heavy atom. The summed E-state index contributed by atoms with van der Waals surface area (Å²) >= 11 is 0. The normalized spacial score (nSPS) is 12.1. The molecule has 6 heteroatoms. The molecular weight excluding hydrogens is 311 g/mol. The van der Waals surface area contributed by atoms with Gasteiger partial charge in [-0.15, -0.1) is 0 Å². The highest BCUT2D eigenvalue weighted by atomic mass is 19.1. The minimum atomic E-state index is -0.978. The predicted octanol–water partition coefficient (Wildman–Crippen LogP) is 2.78. The first-order valence-corrected chi connectivity index (χ1v) is 7.45. The number of methoxy groups -OCH3 is 1. The van der Waals surface area contributed by atoms with E-state index >= 15 is 0 Å². The van der Waals surface area contributed by atoms with Gasteiger partial charge in [-0.3, -0.25) is 4.79 Å². The van der Waals surface area contributed by atoms with Crippen LogP contribution in [0.4, 0.5) is 4.39 Å². The summed E-state index contributed by atoms with van der Waals surface area (Å²) < 4.78 is 18.3. The summed E-state index contributed by atoms with van der Waals surface area (Å²) in [4.78, 5) is 15.2. The van der Waals surface area contributed by atoms with Gasteiger partial charge in [0.2, 0.25) is 0 Å². The van der Waals surface area contributed by atoms with Crippen LogP contribution < -0.4 is 10.1 Å². The number of carbonyl (C=O) groups is 1. The lowest BCUT2D eigenvalue weighted by molar-refractivity contribution is 0.0912. The molecule has 2 aromatic carbocycles. The molecule has 0 aliphatic carbocycles. The van der Waals surface area contributed by atoms with E-state index < -0.39 is 11.9 Å². The molecule has 124 valence electrons. The van der Waals surface area contributed by atoms with Crippen molar-refractivity contribution < 1.29 is 19.0 Å². The number of rotatable bonds is 5. The number of halogens is 1. The van der Waals surface area contributed by atoms with E-state index in [1.54, 1.807) is 25.3 Å². The SMILES string of the molecule is COc1ccc2cc(C(=O)NCC(O)c3cccc(F)c3)[nH]c2c1. The van der Waals surface area contributed by atoms with Crippen molar-refractivity contribution in [1.82, 2.24) is 10.3 Å². The number of benzene rings is 2. The van der Waals surface area contributed by atoms with Gasteiger partial charge in [-0.05, 0) is 35.9 Å². The van der Waals surface area contributed by atoms with E-state index in [1.807, 2.05) is 12.1 Å². The Kier molecular flexibility index (Phi) is 4.48. The second kappa shape index (κ2) is 6.72. The lowest BCUT2D eigenvalue weighted by atomic mass is 10.1. The van der Waals surface area contributed by atoms with Gasteiger partial charge in [-0.2, -0.15) is 0 Å². The number of carbonyl (C=O) groups excluding carboxylic acids is 1. The smallest absolute Gasteiger partial charge is 0.267 e. The predicted molar refractivity (Wildman–Crippen MR) is 88.5 cm³/mol. The van der Waals surface area contributed by atoms with Crippen molar-refractivity contribution >= 4 is 16.8 Å². The van der Waals surface area contributed by atoms with Crippen LogP contribution in [0.25, 0.3) is 10.9 Å². The summed E-state index contributed by atoms with van der Waals surface area (Å²) in [7, 11) is 1.57. The summed E-state index contributed by atoms with van der Waals surface area (Å²) in [5, 5.41) is 13.6. The first kappa shape index (κ1) is 16.0. The third-order valence-electron chi connectivity index (χ3n) is 3.76. The third-order valence-corrected chi connectivity index (χ3v) is 3.76. The quantitative estimate of drug-likeness (QED) is 0.674. The number of aromatic nitrogens is 1. The van der Waals surface area contributed by atoms with Gasteiger partial charge < -0.3 is 20.1 Å². The van der Waals surface area contributed by atoms with Gasteiger partial charge in [0.1, 0.15) is 17.3 Å². The fraction of sp³-hybridized carbons (Fsp3) is 0.167. The molecule has 1 aromatic heterocycles. The fourth-order valence-electron chi connectivity index (χ4n) is 2.47. The van der Waals surface area contributed by atoms with Crippen LogP contribution >= 0.6 is 0 Å². The molecule has 0 aliphatic heterocycles. The maximum absolute atomic E-state index is 13.2. The Labute approximate surface area is 138 Å². The topological polar surface area (TPSA) is 74.3 Å². The van der Waals surface area contributed by atoms with Crippen molar-refractivity contribution in [2.75, 3.05) is 13.7 Å². The van der Waals surface area contributed by atoms with Gasteiger partial charge >= 0.3 is 0 Å². The molecule has 24 heavy (non-hydrogen) atoms. The first-order chi connectivity index (χ1) is 11.6. The van der Waals surface area contributed by atoms with Gasteiger partial charge in [-0.25, -0.2) is 4.39 Å². The largest absolute Gasteiger partial charge is 0.497 e. The number of ether oxygens (including phenoxy) is 1. The highest BCUT2D eigenvalue weighted by molar-refractivity contribution is 5.98. The molecule has 0 fully saturated rings. The van der Waals surface area contributed by atoms with E-state index in [9.17, 15) is 14.3 Å². The van der Waals surface area contributed by atoms with E-state index in [4.69, 9.17) is 4.74 Å².